The first-order valence-corrected chi connectivity index (χ1v) is 8.99. The summed E-state index contributed by atoms with van der Waals surface area (Å²) in [4.78, 5) is 18.3. The Morgan fingerprint density at radius 3 is 2.74 bits per heavy atom. The molecule has 150 valence electrons. The van der Waals surface area contributed by atoms with E-state index in [4.69, 9.17) is 9.47 Å². The lowest BCUT2D eigenvalue weighted by molar-refractivity contribution is 0.0507. The number of guanidine groups is 1. The molecule has 0 spiro atoms. The van der Waals surface area contributed by atoms with Gasteiger partial charge in [-0.3, -0.25) is 4.99 Å². The first kappa shape index (κ1) is 20.8. The lowest BCUT2D eigenvalue weighted by Gasteiger charge is -2.23. The van der Waals surface area contributed by atoms with Crippen LogP contribution in [0.25, 0.3) is 0 Å². The number of ether oxygens (including phenoxy) is 2. The number of aliphatic imine (C=N–C) groups is 1. The topological polar surface area (TPSA) is 75.2 Å². The Hall–Kier alpha value is -2.51. The van der Waals surface area contributed by atoms with Gasteiger partial charge in [0.25, 0.3) is 0 Å². The lowest BCUT2D eigenvalue weighted by Crippen LogP contribution is -2.44. The van der Waals surface area contributed by atoms with Gasteiger partial charge in [0.15, 0.2) is 17.5 Å². The van der Waals surface area contributed by atoms with Crippen LogP contribution in [-0.2, 0) is 11.3 Å². The van der Waals surface area contributed by atoms with Crippen molar-refractivity contribution in [2.75, 3.05) is 27.2 Å². The minimum Gasteiger partial charge on any atom is -0.494 e. The van der Waals surface area contributed by atoms with E-state index in [1.807, 2.05) is 20.8 Å². The zero-order chi connectivity index (χ0) is 20.0. The Morgan fingerprint density at radius 1 is 1.41 bits per heavy atom. The number of nitrogens with one attached hydrogen (secondary N) is 2. The molecular weight excluding hydrogens is 351 g/mol. The van der Waals surface area contributed by atoms with Gasteiger partial charge in [-0.15, -0.1) is 0 Å². The van der Waals surface area contributed by atoms with Crippen molar-refractivity contribution in [3.05, 3.63) is 29.6 Å². The highest BCUT2D eigenvalue weighted by molar-refractivity contribution is 5.80. The Morgan fingerprint density at radius 2 is 2.15 bits per heavy atom. The van der Waals surface area contributed by atoms with Gasteiger partial charge in [-0.2, -0.15) is 0 Å². The van der Waals surface area contributed by atoms with Gasteiger partial charge in [0, 0.05) is 26.7 Å². The van der Waals surface area contributed by atoms with E-state index in [9.17, 15) is 9.18 Å². The number of alkyl carbamates (subject to hydrolysis) is 1. The number of benzene rings is 1. The maximum absolute atomic E-state index is 13.8. The zero-order valence-electron chi connectivity index (χ0n) is 16.6. The van der Waals surface area contributed by atoms with Gasteiger partial charge in [-0.25, -0.2) is 9.18 Å². The van der Waals surface area contributed by atoms with Crippen molar-refractivity contribution in [1.29, 1.82) is 0 Å². The molecule has 1 saturated heterocycles. The normalized spacial score (nSPS) is 17.6. The third-order valence-corrected chi connectivity index (χ3v) is 4.09. The Kier molecular flexibility index (Phi) is 6.87. The Bertz CT molecular complexity index is 688. The second-order valence-electron chi connectivity index (χ2n) is 7.45. The summed E-state index contributed by atoms with van der Waals surface area (Å²) in [5.41, 5.74) is 0.269. The maximum atomic E-state index is 13.8. The first-order chi connectivity index (χ1) is 12.7. The number of amides is 1. The number of hydrogen-bond donors (Lipinski definition) is 2. The molecule has 1 aromatic rings. The summed E-state index contributed by atoms with van der Waals surface area (Å²) in [6, 6.07) is 4.85. The molecule has 0 aromatic heterocycles. The fourth-order valence-electron chi connectivity index (χ4n) is 2.88. The van der Waals surface area contributed by atoms with E-state index in [1.54, 1.807) is 19.2 Å². The van der Waals surface area contributed by atoms with E-state index < -0.39 is 17.5 Å². The molecule has 7 nitrogen and oxygen atoms in total. The summed E-state index contributed by atoms with van der Waals surface area (Å²) in [5.74, 6) is 0.535. The van der Waals surface area contributed by atoms with Gasteiger partial charge in [-0.05, 0) is 44.9 Å². The Labute approximate surface area is 159 Å². The van der Waals surface area contributed by atoms with Crippen molar-refractivity contribution in [3.8, 4) is 5.75 Å². The molecule has 0 bridgehead atoms. The molecule has 8 heteroatoms. The van der Waals surface area contributed by atoms with Crippen molar-refractivity contribution in [1.82, 2.24) is 15.5 Å². The van der Waals surface area contributed by atoms with Gasteiger partial charge in [0.05, 0.1) is 13.2 Å². The zero-order valence-corrected chi connectivity index (χ0v) is 16.6. The number of halogens is 1. The van der Waals surface area contributed by atoms with Gasteiger partial charge >= 0.3 is 6.09 Å². The van der Waals surface area contributed by atoms with Crippen LogP contribution in [0, 0.1) is 5.82 Å². The van der Waals surface area contributed by atoms with Crippen LogP contribution >= 0.6 is 0 Å². The minimum absolute atomic E-state index is 0.00293. The second kappa shape index (κ2) is 8.92. The van der Waals surface area contributed by atoms with E-state index in [1.165, 1.54) is 13.2 Å². The van der Waals surface area contributed by atoms with Crippen molar-refractivity contribution in [2.45, 2.75) is 45.4 Å². The van der Waals surface area contributed by atoms with Gasteiger partial charge in [-0.1, -0.05) is 6.07 Å². The molecule has 0 aliphatic carbocycles. The standard InChI is InChI=1S/C19H29FN4O3/c1-19(2,3)27-18(25)23-14-8-9-24(12-14)17(21-4)22-11-13-6-7-16(26-5)15(20)10-13/h6-7,10,14H,8-9,11-12H2,1-5H3,(H,21,22)(H,23,25). The quantitative estimate of drug-likeness (QED) is 0.620. The van der Waals surface area contributed by atoms with Crippen LogP contribution in [0.3, 0.4) is 0 Å². The van der Waals surface area contributed by atoms with E-state index >= 15 is 0 Å². The van der Waals surface area contributed by atoms with E-state index in [2.05, 4.69) is 20.5 Å². The van der Waals surface area contributed by atoms with Crippen LogP contribution in [0.2, 0.25) is 0 Å². The summed E-state index contributed by atoms with van der Waals surface area (Å²) in [5, 5.41) is 6.12. The molecule has 1 unspecified atom stereocenters. The van der Waals surface area contributed by atoms with E-state index in [-0.39, 0.29) is 11.8 Å². The minimum atomic E-state index is -0.520. The van der Waals surface area contributed by atoms with Crippen LogP contribution in [0.15, 0.2) is 23.2 Å². The van der Waals surface area contributed by atoms with E-state index in [0.29, 0.717) is 19.0 Å². The summed E-state index contributed by atoms with van der Waals surface area (Å²) in [6.45, 7) is 7.34. The summed E-state index contributed by atoms with van der Waals surface area (Å²) in [6.07, 6.45) is 0.392. The van der Waals surface area contributed by atoms with Crippen molar-refractivity contribution in [3.63, 3.8) is 0 Å². The molecule has 1 aliphatic heterocycles. The van der Waals surface area contributed by atoms with Crippen LogP contribution in [0.1, 0.15) is 32.8 Å². The Balaban J connectivity index is 1.86. The molecule has 0 saturated carbocycles. The molecule has 1 atom stereocenters. The fraction of sp³-hybridized carbons (Fsp3) is 0.579. The molecule has 1 fully saturated rings. The molecule has 2 rings (SSSR count). The molecule has 1 aliphatic rings. The van der Waals surface area contributed by atoms with Crippen molar-refractivity contribution >= 4 is 12.1 Å². The van der Waals surface area contributed by atoms with Gasteiger partial charge in [0.1, 0.15) is 5.60 Å². The number of carbonyl (C=O) groups excluding carboxylic acids is 1. The number of hydrogen-bond acceptors (Lipinski definition) is 4. The number of carbonyl (C=O) groups is 1. The third-order valence-electron chi connectivity index (χ3n) is 4.09. The lowest BCUT2D eigenvalue weighted by atomic mass is 10.2. The molecule has 1 heterocycles. The third kappa shape index (κ3) is 6.30. The first-order valence-electron chi connectivity index (χ1n) is 8.99. The summed E-state index contributed by atoms with van der Waals surface area (Å²) in [7, 11) is 3.14. The number of nitrogens with zero attached hydrogens (tertiary/aromatic N) is 2. The van der Waals surface area contributed by atoms with Crippen molar-refractivity contribution in [2.24, 2.45) is 4.99 Å². The number of rotatable bonds is 4. The molecule has 1 amide bonds. The number of methoxy groups -OCH3 is 1. The SMILES string of the molecule is CN=C(NCc1ccc(OC)c(F)c1)N1CCC(NC(=O)OC(C)(C)C)C1. The molecular formula is C19H29FN4O3. The van der Waals surface area contributed by atoms with Crippen LogP contribution < -0.4 is 15.4 Å². The average molecular weight is 380 g/mol. The van der Waals surface area contributed by atoms with Crippen molar-refractivity contribution < 1.29 is 18.7 Å². The highest BCUT2D eigenvalue weighted by atomic mass is 19.1. The number of likely N-dealkylation sites (tertiary alicyclic amines) is 1. The van der Waals surface area contributed by atoms with Crippen LogP contribution in [0.5, 0.6) is 5.75 Å². The average Bonchev–Trinajstić information content (AvgIpc) is 3.02. The van der Waals surface area contributed by atoms with Gasteiger partial charge < -0.3 is 25.0 Å². The van der Waals surface area contributed by atoms with Gasteiger partial charge in [0.2, 0.25) is 0 Å². The monoisotopic (exact) mass is 380 g/mol. The summed E-state index contributed by atoms with van der Waals surface area (Å²) >= 11 is 0. The largest absolute Gasteiger partial charge is 0.494 e. The van der Waals surface area contributed by atoms with Crippen LogP contribution in [0.4, 0.5) is 9.18 Å². The smallest absolute Gasteiger partial charge is 0.407 e. The van der Waals surface area contributed by atoms with E-state index in [0.717, 1.165) is 18.5 Å². The highest BCUT2D eigenvalue weighted by Crippen LogP contribution is 2.18. The molecule has 0 radical (unpaired) electrons. The fourth-order valence-corrected chi connectivity index (χ4v) is 2.88. The maximum Gasteiger partial charge on any atom is 0.407 e. The molecule has 27 heavy (non-hydrogen) atoms. The van der Waals surface area contributed by atoms with Crippen LogP contribution in [-0.4, -0.2) is 55.8 Å². The second-order valence-corrected chi connectivity index (χ2v) is 7.45. The summed E-state index contributed by atoms with van der Waals surface area (Å²) < 4.78 is 24.0. The predicted molar refractivity (Wildman–Crippen MR) is 102 cm³/mol. The highest BCUT2D eigenvalue weighted by Gasteiger charge is 2.27. The molecule has 1 aromatic carbocycles. The predicted octanol–water partition coefficient (Wildman–Crippen LogP) is 2.51. The molecule has 2 N–H and O–H groups in total.